The van der Waals surface area contributed by atoms with Crippen LogP contribution >= 0.6 is 0 Å². The van der Waals surface area contributed by atoms with E-state index in [2.05, 4.69) is 78.9 Å². The number of ether oxygens (including phenoxy) is 4. The van der Waals surface area contributed by atoms with Gasteiger partial charge < -0.3 is 18.9 Å². The Kier molecular flexibility index (Phi) is 6.13. The number of benzene rings is 4. The lowest BCUT2D eigenvalue weighted by atomic mass is 9.75. The van der Waals surface area contributed by atoms with Crippen molar-refractivity contribution < 1.29 is 18.9 Å². The third-order valence-electron chi connectivity index (χ3n) is 7.87. The van der Waals surface area contributed by atoms with E-state index in [0.717, 1.165) is 48.1 Å². The van der Waals surface area contributed by atoms with Gasteiger partial charge in [0.05, 0.1) is 14.2 Å². The molecule has 0 unspecified atom stereocenters. The average molecular weight is 493 g/mol. The van der Waals surface area contributed by atoms with E-state index in [0.29, 0.717) is 17.4 Å². The standard InChI is InChI=1S/C33H32O4/c1-34-28-22-29-31(30(23-28)35-2)36-32(20-18-25(19-21-32)24-12-6-3-7-13-24)37-33(29,26-14-8-4-9-15-26)27-16-10-5-11-17-27/h3-17,22-23,25H,18-21H2,1-2H3. The minimum atomic E-state index is -0.891. The molecule has 0 N–H and O–H groups in total. The lowest BCUT2D eigenvalue weighted by molar-refractivity contribution is -0.263. The Morgan fingerprint density at radius 3 is 1.81 bits per heavy atom. The van der Waals surface area contributed by atoms with Gasteiger partial charge in [-0.25, -0.2) is 0 Å². The van der Waals surface area contributed by atoms with Crippen molar-refractivity contribution in [2.75, 3.05) is 14.2 Å². The molecule has 1 aliphatic heterocycles. The van der Waals surface area contributed by atoms with Crippen LogP contribution in [0.5, 0.6) is 17.2 Å². The molecule has 0 bridgehead atoms. The first-order valence-corrected chi connectivity index (χ1v) is 13.0. The van der Waals surface area contributed by atoms with E-state index in [1.807, 2.05) is 24.3 Å². The summed E-state index contributed by atoms with van der Waals surface area (Å²) in [6.07, 6.45) is 3.53. The summed E-state index contributed by atoms with van der Waals surface area (Å²) in [6, 6.07) is 35.6. The van der Waals surface area contributed by atoms with Crippen LogP contribution in [0.1, 0.15) is 53.9 Å². The second kappa shape index (κ2) is 9.60. The van der Waals surface area contributed by atoms with Gasteiger partial charge in [0.1, 0.15) is 5.75 Å². The molecule has 0 saturated heterocycles. The van der Waals surface area contributed by atoms with Gasteiger partial charge in [-0.3, -0.25) is 0 Å². The van der Waals surface area contributed by atoms with Crippen molar-refractivity contribution in [3.8, 4) is 17.2 Å². The summed E-state index contributed by atoms with van der Waals surface area (Å²) in [7, 11) is 3.35. The van der Waals surface area contributed by atoms with Crippen LogP contribution in [0.4, 0.5) is 0 Å². The predicted octanol–water partition coefficient (Wildman–Crippen LogP) is 7.46. The number of hydrogen-bond acceptors (Lipinski definition) is 4. The SMILES string of the molecule is COc1cc(OC)c2c(c1)C(c1ccccc1)(c1ccccc1)OC1(CCC(c3ccccc3)CC1)O2. The summed E-state index contributed by atoms with van der Waals surface area (Å²) in [4.78, 5) is 0. The molecule has 4 aromatic carbocycles. The molecule has 1 heterocycles. The molecular formula is C33H32O4. The van der Waals surface area contributed by atoms with Gasteiger partial charge in [-0.15, -0.1) is 0 Å². The van der Waals surface area contributed by atoms with Crippen LogP contribution in [0, 0.1) is 0 Å². The van der Waals surface area contributed by atoms with Crippen molar-refractivity contribution in [1.82, 2.24) is 0 Å². The van der Waals surface area contributed by atoms with Crippen LogP contribution in [0.25, 0.3) is 0 Å². The van der Waals surface area contributed by atoms with Crippen molar-refractivity contribution >= 4 is 0 Å². The second-order valence-electron chi connectivity index (χ2n) is 9.92. The highest BCUT2D eigenvalue weighted by atomic mass is 16.7. The summed E-state index contributed by atoms with van der Waals surface area (Å²) >= 11 is 0. The minimum Gasteiger partial charge on any atom is -0.497 e. The van der Waals surface area contributed by atoms with Crippen LogP contribution in [-0.4, -0.2) is 20.0 Å². The van der Waals surface area contributed by atoms with E-state index in [4.69, 9.17) is 18.9 Å². The van der Waals surface area contributed by atoms with Gasteiger partial charge in [0.25, 0.3) is 0 Å². The van der Waals surface area contributed by atoms with E-state index in [1.165, 1.54) is 5.56 Å². The maximum absolute atomic E-state index is 7.35. The van der Waals surface area contributed by atoms with Crippen LogP contribution in [-0.2, 0) is 10.3 Å². The fourth-order valence-corrected chi connectivity index (χ4v) is 6.02. The Bertz CT molecular complexity index is 1300. The molecule has 1 aliphatic carbocycles. The van der Waals surface area contributed by atoms with Crippen molar-refractivity contribution in [3.05, 3.63) is 125 Å². The van der Waals surface area contributed by atoms with Gasteiger partial charge in [0.2, 0.25) is 5.79 Å². The van der Waals surface area contributed by atoms with Crippen molar-refractivity contribution in [1.29, 1.82) is 0 Å². The van der Waals surface area contributed by atoms with Crippen molar-refractivity contribution in [2.45, 2.75) is 43.0 Å². The zero-order valence-electron chi connectivity index (χ0n) is 21.4. The van der Waals surface area contributed by atoms with Crippen LogP contribution in [0.15, 0.2) is 103 Å². The predicted molar refractivity (Wildman–Crippen MR) is 144 cm³/mol. The summed E-state index contributed by atoms with van der Waals surface area (Å²) in [5.41, 5.74) is 3.47. The fraction of sp³-hybridized carbons (Fsp3) is 0.273. The Morgan fingerprint density at radius 2 is 1.27 bits per heavy atom. The number of fused-ring (bicyclic) bond motifs is 1. The molecule has 4 nitrogen and oxygen atoms in total. The van der Waals surface area contributed by atoms with Crippen LogP contribution < -0.4 is 14.2 Å². The van der Waals surface area contributed by atoms with E-state index in [1.54, 1.807) is 14.2 Å². The van der Waals surface area contributed by atoms with Crippen molar-refractivity contribution in [2.24, 2.45) is 0 Å². The van der Waals surface area contributed by atoms with Crippen molar-refractivity contribution in [3.63, 3.8) is 0 Å². The first kappa shape index (κ1) is 23.6. The summed E-state index contributed by atoms with van der Waals surface area (Å²) < 4.78 is 25.8. The Morgan fingerprint density at radius 1 is 0.703 bits per heavy atom. The van der Waals surface area contributed by atoms with Gasteiger partial charge in [0.15, 0.2) is 17.1 Å². The van der Waals surface area contributed by atoms with Crippen LogP contribution in [0.2, 0.25) is 0 Å². The Labute approximate surface area is 218 Å². The number of hydrogen-bond donors (Lipinski definition) is 0. The molecule has 1 spiro atoms. The molecule has 188 valence electrons. The topological polar surface area (TPSA) is 36.9 Å². The molecule has 2 aliphatic rings. The smallest absolute Gasteiger partial charge is 0.212 e. The van der Waals surface area contributed by atoms with E-state index >= 15 is 0 Å². The quantitative estimate of drug-likeness (QED) is 0.290. The molecule has 0 radical (unpaired) electrons. The highest BCUT2D eigenvalue weighted by molar-refractivity contribution is 5.62. The molecule has 4 aromatic rings. The first-order valence-electron chi connectivity index (χ1n) is 13.0. The fourth-order valence-electron chi connectivity index (χ4n) is 6.02. The van der Waals surface area contributed by atoms with Gasteiger partial charge in [-0.2, -0.15) is 0 Å². The average Bonchev–Trinajstić information content (AvgIpc) is 2.98. The summed E-state index contributed by atoms with van der Waals surface area (Å²) in [5.74, 6) is 1.77. The molecule has 4 heteroatoms. The molecule has 0 amide bonds. The number of methoxy groups -OCH3 is 2. The Balaban J connectivity index is 1.54. The van der Waals surface area contributed by atoms with Gasteiger partial charge >= 0.3 is 0 Å². The minimum absolute atomic E-state index is 0.487. The zero-order valence-corrected chi connectivity index (χ0v) is 21.4. The molecular weight excluding hydrogens is 460 g/mol. The van der Waals surface area contributed by atoms with Gasteiger partial charge in [-0.1, -0.05) is 91.0 Å². The third kappa shape index (κ3) is 4.06. The molecule has 0 atom stereocenters. The molecule has 6 rings (SSSR count). The first-order chi connectivity index (χ1) is 18.2. The number of rotatable bonds is 5. The van der Waals surface area contributed by atoms with E-state index in [-0.39, 0.29) is 0 Å². The van der Waals surface area contributed by atoms with Gasteiger partial charge in [-0.05, 0) is 41.5 Å². The normalized spacial score (nSPS) is 22.1. The van der Waals surface area contributed by atoms with E-state index in [9.17, 15) is 0 Å². The summed E-state index contributed by atoms with van der Waals surface area (Å²) in [5, 5.41) is 0. The zero-order chi connectivity index (χ0) is 25.3. The summed E-state index contributed by atoms with van der Waals surface area (Å²) in [6.45, 7) is 0. The highest BCUT2D eigenvalue weighted by Gasteiger charge is 2.54. The molecule has 1 saturated carbocycles. The second-order valence-corrected chi connectivity index (χ2v) is 9.92. The van der Waals surface area contributed by atoms with E-state index < -0.39 is 11.4 Å². The maximum atomic E-state index is 7.35. The molecule has 37 heavy (non-hydrogen) atoms. The monoisotopic (exact) mass is 492 g/mol. The lowest BCUT2D eigenvalue weighted by Crippen LogP contribution is -2.53. The molecule has 1 fully saturated rings. The molecule has 0 aromatic heterocycles. The largest absolute Gasteiger partial charge is 0.497 e. The third-order valence-corrected chi connectivity index (χ3v) is 7.87. The van der Waals surface area contributed by atoms with Gasteiger partial charge in [0, 0.05) is 24.5 Å². The van der Waals surface area contributed by atoms with Crippen LogP contribution in [0.3, 0.4) is 0 Å². The Hall–Kier alpha value is -3.76. The lowest BCUT2D eigenvalue weighted by Gasteiger charge is -2.51. The highest BCUT2D eigenvalue weighted by Crippen LogP contribution is 2.58. The maximum Gasteiger partial charge on any atom is 0.212 e.